The van der Waals surface area contributed by atoms with Crippen molar-refractivity contribution in [1.29, 1.82) is 0 Å². The van der Waals surface area contributed by atoms with Gasteiger partial charge >= 0.3 is 0 Å². The van der Waals surface area contributed by atoms with Crippen molar-refractivity contribution >= 4 is 29.0 Å². The molecule has 0 aliphatic carbocycles. The Kier molecular flexibility index (Phi) is 3.99. The molecule has 96 valence electrons. The zero-order chi connectivity index (χ0) is 11.7. The summed E-state index contributed by atoms with van der Waals surface area (Å²) < 4.78 is 13.9. The van der Waals surface area contributed by atoms with Gasteiger partial charge in [0.1, 0.15) is 5.82 Å². The summed E-state index contributed by atoms with van der Waals surface area (Å²) in [4.78, 5) is 4.24. The van der Waals surface area contributed by atoms with E-state index in [0.29, 0.717) is 11.7 Å². The number of hydrogen-bond donors (Lipinski definition) is 2. The van der Waals surface area contributed by atoms with E-state index in [-0.39, 0.29) is 18.2 Å². The highest BCUT2D eigenvalue weighted by molar-refractivity contribution is 5.91. The van der Waals surface area contributed by atoms with Gasteiger partial charge in [-0.3, -0.25) is 4.98 Å². The molecule has 1 saturated heterocycles. The van der Waals surface area contributed by atoms with Crippen LogP contribution in [-0.4, -0.2) is 24.1 Å². The van der Waals surface area contributed by atoms with Gasteiger partial charge in [0.15, 0.2) is 0 Å². The van der Waals surface area contributed by atoms with Crippen LogP contribution in [0, 0.1) is 5.82 Å². The molecular formula is C13H15ClFN3. The van der Waals surface area contributed by atoms with E-state index in [9.17, 15) is 4.39 Å². The number of nitrogens with zero attached hydrogens (tertiary/aromatic N) is 1. The monoisotopic (exact) mass is 267 g/mol. The van der Waals surface area contributed by atoms with Crippen LogP contribution in [0.2, 0.25) is 0 Å². The topological polar surface area (TPSA) is 37.0 Å². The molecule has 1 aliphatic heterocycles. The first-order chi connectivity index (χ1) is 8.34. The smallest absolute Gasteiger partial charge is 0.147 e. The van der Waals surface area contributed by atoms with Crippen LogP contribution in [0.25, 0.3) is 10.9 Å². The first-order valence-corrected chi connectivity index (χ1v) is 5.85. The van der Waals surface area contributed by atoms with Crippen molar-refractivity contribution in [2.75, 3.05) is 18.4 Å². The molecule has 5 heteroatoms. The van der Waals surface area contributed by atoms with E-state index < -0.39 is 0 Å². The Morgan fingerprint density at radius 1 is 1.33 bits per heavy atom. The van der Waals surface area contributed by atoms with Gasteiger partial charge in [-0.25, -0.2) is 4.39 Å². The van der Waals surface area contributed by atoms with Gasteiger partial charge in [-0.2, -0.15) is 0 Å². The molecule has 2 heterocycles. The minimum Gasteiger partial charge on any atom is -0.378 e. The molecule has 1 aromatic heterocycles. The number of nitrogens with one attached hydrogen (secondary N) is 2. The number of benzene rings is 1. The maximum Gasteiger partial charge on any atom is 0.147 e. The molecule has 18 heavy (non-hydrogen) atoms. The number of pyridine rings is 1. The van der Waals surface area contributed by atoms with E-state index in [1.165, 1.54) is 6.07 Å². The predicted molar refractivity (Wildman–Crippen MR) is 73.8 cm³/mol. The van der Waals surface area contributed by atoms with Crippen LogP contribution in [0.3, 0.4) is 0 Å². The molecule has 1 aromatic carbocycles. The SMILES string of the molecule is Cl.Fc1ccc2ncccc2c1N[C@H]1CCNC1. The Hall–Kier alpha value is -1.39. The van der Waals surface area contributed by atoms with E-state index in [1.54, 1.807) is 12.3 Å². The second-order valence-corrected chi connectivity index (χ2v) is 4.33. The predicted octanol–water partition coefficient (Wildman–Crippen LogP) is 2.57. The summed E-state index contributed by atoms with van der Waals surface area (Å²) in [7, 11) is 0. The molecule has 2 N–H and O–H groups in total. The second kappa shape index (κ2) is 5.50. The van der Waals surface area contributed by atoms with Crippen molar-refractivity contribution < 1.29 is 4.39 Å². The number of rotatable bonds is 2. The lowest BCUT2D eigenvalue weighted by Gasteiger charge is -2.15. The van der Waals surface area contributed by atoms with Gasteiger partial charge in [0.2, 0.25) is 0 Å². The highest BCUT2D eigenvalue weighted by Gasteiger charge is 2.17. The third-order valence-corrected chi connectivity index (χ3v) is 3.14. The molecule has 3 rings (SSSR count). The van der Waals surface area contributed by atoms with Crippen molar-refractivity contribution in [3.8, 4) is 0 Å². The summed E-state index contributed by atoms with van der Waals surface area (Å²) in [6.45, 7) is 1.87. The van der Waals surface area contributed by atoms with E-state index in [2.05, 4.69) is 15.6 Å². The fourth-order valence-electron chi connectivity index (χ4n) is 2.25. The second-order valence-electron chi connectivity index (χ2n) is 4.33. The zero-order valence-electron chi connectivity index (χ0n) is 9.82. The minimum absolute atomic E-state index is 0. The lowest BCUT2D eigenvalue weighted by Crippen LogP contribution is -2.22. The van der Waals surface area contributed by atoms with E-state index in [1.807, 2.05) is 12.1 Å². The lowest BCUT2D eigenvalue weighted by atomic mass is 10.1. The highest BCUT2D eigenvalue weighted by atomic mass is 35.5. The molecule has 0 bridgehead atoms. The Bertz CT molecular complexity index is 541. The van der Waals surface area contributed by atoms with Crippen LogP contribution in [-0.2, 0) is 0 Å². The molecule has 1 fully saturated rings. The summed E-state index contributed by atoms with van der Waals surface area (Å²) >= 11 is 0. The van der Waals surface area contributed by atoms with Gasteiger partial charge in [-0.15, -0.1) is 12.4 Å². The molecule has 1 atom stereocenters. The largest absolute Gasteiger partial charge is 0.378 e. The van der Waals surface area contributed by atoms with Gasteiger partial charge in [0.25, 0.3) is 0 Å². The average molecular weight is 268 g/mol. The van der Waals surface area contributed by atoms with Crippen LogP contribution in [0.1, 0.15) is 6.42 Å². The minimum atomic E-state index is -0.211. The maximum absolute atomic E-state index is 13.9. The van der Waals surface area contributed by atoms with Crippen molar-refractivity contribution in [2.45, 2.75) is 12.5 Å². The summed E-state index contributed by atoms with van der Waals surface area (Å²) in [6.07, 6.45) is 2.75. The summed E-state index contributed by atoms with van der Waals surface area (Å²) in [5, 5.41) is 7.38. The molecule has 1 aliphatic rings. The average Bonchev–Trinajstić information content (AvgIpc) is 2.86. The van der Waals surface area contributed by atoms with Crippen LogP contribution in [0.4, 0.5) is 10.1 Å². The van der Waals surface area contributed by atoms with Gasteiger partial charge in [-0.1, -0.05) is 0 Å². The number of aromatic nitrogens is 1. The molecule has 2 aromatic rings. The Morgan fingerprint density at radius 3 is 3.00 bits per heavy atom. The standard InChI is InChI=1S/C13H14FN3.ClH/c14-11-3-4-12-10(2-1-6-16-12)13(11)17-9-5-7-15-8-9;/h1-4,6,9,15,17H,5,7-8H2;1H/t9-;/m0./s1. The Balaban J connectivity index is 0.00000120. The van der Waals surface area contributed by atoms with Crippen LogP contribution < -0.4 is 10.6 Å². The van der Waals surface area contributed by atoms with Crippen molar-refractivity contribution in [2.24, 2.45) is 0 Å². The van der Waals surface area contributed by atoms with Gasteiger partial charge in [-0.05, 0) is 37.2 Å². The molecule has 3 nitrogen and oxygen atoms in total. The zero-order valence-corrected chi connectivity index (χ0v) is 10.6. The molecule has 0 unspecified atom stereocenters. The van der Waals surface area contributed by atoms with Crippen LogP contribution in [0.5, 0.6) is 0 Å². The lowest BCUT2D eigenvalue weighted by molar-refractivity contribution is 0.628. The maximum atomic E-state index is 13.9. The van der Waals surface area contributed by atoms with Crippen LogP contribution in [0.15, 0.2) is 30.5 Å². The third kappa shape index (κ3) is 2.40. The Labute approximate surface area is 111 Å². The van der Waals surface area contributed by atoms with Crippen LogP contribution >= 0.6 is 12.4 Å². The van der Waals surface area contributed by atoms with Crippen molar-refractivity contribution in [3.63, 3.8) is 0 Å². The summed E-state index contributed by atoms with van der Waals surface area (Å²) in [5.74, 6) is -0.211. The van der Waals surface area contributed by atoms with Crippen molar-refractivity contribution in [3.05, 3.63) is 36.3 Å². The number of fused-ring (bicyclic) bond motifs is 1. The number of hydrogen-bond acceptors (Lipinski definition) is 3. The molecular weight excluding hydrogens is 253 g/mol. The highest BCUT2D eigenvalue weighted by Crippen LogP contribution is 2.26. The fraction of sp³-hybridized carbons (Fsp3) is 0.308. The number of halogens is 2. The van der Waals surface area contributed by atoms with E-state index in [4.69, 9.17) is 0 Å². The quantitative estimate of drug-likeness (QED) is 0.878. The number of anilines is 1. The Morgan fingerprint density at radius 2 is 2.22 bits per heavy atom. The molecule has 0 saturated carbocycles. The van der Waals surface area contributed by atoms with E-state index >= 15 is 0 Å². The van der Waals surface area contributed by atoms with Gasteiger partial charge in [0.05, 0.1) is 11.2 Å². The van der Waals surface area contributed by atoms with Crippen molar-refractivity contribution in [1.82, 2.24) is 10.3 Å². The third-order valence-electron chi connectivity index (χ3n) is 3.14. The first-order valence-electron chi connectivity index (χ1n) is 5.85. The molecule has 0 radical (unpaired) electrons. The summed E-state index contributed by atoms with van der Waals surface area (Å²) in [6, 6.07) is 7.22. The normalized spacial score (nSPS) is 18.6. The first kappa shape index (κ1) is 13.1. The van der Waals surface area contributed by atoms with E-state index in [0.717, 1.165) is 30.4 Å². The molecule has 0 amide bonds. The fourth-order valence-corrected chi connectivity index (χ4v) is 2.25. The van der Waals surface area contributed by atoms with Gasteiger partial charge < -0.3 is 10.6 Å². The molecule has 0 spiro atoms. The summed E-state index contributed by atoms with van der Waals surface area (Å²) in [5.41, 5.74) is 1.40. The van der Waals surface area contributed by atoms with Gasteiger partial charge in [0, 0.05) is 24.2 Å².